The minimum absolute atomic E-state index is 0.0198. The lowest BCUT2D eigenvalue weighted by Crippen LogP contribution is -2.25. The molecule has 7 heteroatoms. The van der Waals surface area contributed by atoms with Gasteiger partial charge in [0.2, 0.25) is 17.6 Å². The van der Waals surface area contributed by atoms with Crippen LogP contribution in [0, 0.1) is 0 Å². The first kappa shape index (κ1) is 18.1. The monoisotopic (exact) mass is 370 g/mol. The van der Waals surface area contributed by atoms with Gasteiger partial charge in [0.1, 0.15) is 0 Å². The summed E-state index contributed by atoms with van der Waals surface area (Å²) in [6.45, 7) is 0.603. The van der Waals surface area contributed by atoms with Crippen molar-refractivity contribution in [1.82, 2.24) is 20.4 Å². The van der Waals surface area contributed by atoms with Gasteiger partial charge in [0.05, 0.1) is 0 Å². The van der Waals surface area contributed by atoms with E-state index in [0.717, 1.165) is 17.5 Å². The van der Waals surface area contributed by atoms with Crippen molar-refractivity contribution in [2.24, 2.45) is 0 Å². The highest BCUT2D eigenvalue weighted by atomic mass is 35.5. The van der Waals surface area contributed by atoms with Gasteiger partial charge in [0.25, 0.3) is 0 Å². The SMILES string of the molecule is O=C(CCCc1nc(-c2ccc(Cl)cc2)no1)NCCc1cccnc1. The normalized spacial score (nSPS) is 10.7. The molecule has 0 atom stereocenters. The molecule has 1 amide bonds. The molecule has 6 nitrogen and oxygen atoms in total. The van der Waals surface area contributed by atoms with Gasteiger partial charge in [0, 0.05) is 42.4 Å². The molecule has 0 unspecified atom stereocenters. The van der Waals surface area contributed by atoms with Crippen LogP contribution in [0.1, 0.15) is 24.3 Å². The fourth-order valence-corrected chi connectivity index (χ4v) is 2.58. The number of carbonyl (C=O) groups is 1. The molecule has 3 aromatic rings. The van der Waals surface area contributed by atoms with Crippen molar-refractivity contribution in [3.05, 3.63) is 65.3 Å². The average molecular weight is 371 g/mol. The molecule has 134 valence electrons. The van der Waals surface area contributed by atoms with Crippen LogP contribution in [0.3, 0.4) is 0 Å². The molecule has 0 saturated heterocycles. The summed E-state index contributed by atoms with van der Waals surface area (Å²) in [5, 5.41) is 7.53. The fraction of sp³-hybridized carbons (Fsp3) is 0.263. The zero-order valence-electron chi connectivity index (χ0n) is 14.2. The first-order valence-corrected chi connectivity index (χ1v) is 8.82. The Hall–Kier alpha value is -2.73. The van der Waals surface area contributed by atoms with E-state index < -0.39 is 0 Å². The number of pyridine rings is 1. The molecule has 26 heavy (non-hydrogen) atoms. The first-order valence-electron chi connectivity index (χ1n) is 8.45. The third-order valence-electron chi connectivity index (χ3n) is 3.82. The van der Waals surface area contributed by atoms with Crippen molar-refractivity contribution in [1.29, 1.82) is 0 Å². The Morgan fingerprint density at radius 3 is 2.77 bits per heavy atom. The number of amides is 1. The molecule has 2 aromatic heterocycles. The zero-order chi connectivity index (χ0) is 18.2. The standard InChI is InChI=1S/C19H19ClN4O2/c20-16-8-6-15(7-9-16)19-23-18(26-24-19)5-1-4-17(25)22-12-10-14-3-2-11-21-13-14/h2-3,6-9,11,13H,1,4-5,10,12H2,(H,22,25). The van der Waals surface area contributed by atoms with Crippen LogP contribution in [0.2, 0.25) is 5.02 Å². The molecule has 0 fully saturated rings. The number of nitrogens with one attached hydrogen (secondary N) is 1. The predicted molar refractivity (Wildman–Crippen MR) is 98.6 cm³/mol. The van der Waals surface area contributed by atoms with Gasteiger partial charge in [-0.15, -0.1) is 0 Å². The lowest BCUT2D eigenvalue weighted by molar-refractivity contribution is -0.121. The third-order valence-corrected chi connectivity index (χ3v) is 4.08. The van der Waals surface area contributed by atoms with Gasteiger partial charge in [-0.1, -0.05) is 22.8 Å². The van der Waals surface area contributed by atoms with E-state index in [-0.39, 0.29) is 5.91 Å². The summed E-state index contributed by atoms with van der Waals surface area (Å²) >= 11 is 5.87. The van der Waals surface area contributed by atoms with E-state index in [4.69, 9.17) is 16.1 Å². The van der Waals surface area contributed by atoms with Crippen LogP contribution in [0.5, 0.6) is 0 Å². The Balaban J connectivity index is 1.38. The first-order chi connectivity index (χ1) is 12.7. The Kier molecular flexibility index (Phi) is 6.33. The van der Waals surface area contributed by atoms with E-state index in [1.54, 1.807) is 24.5 Å². The second-order valence-electron chi connectivity index (χ2n) is 5.83. The molecule has 0 aliphatic rings. The molecule has 0 aliphatic heterocycles. The summed E-state index contributed by atoms with van der Waals surface area (Å²) in [6.07, 6.45) is 5.95. The molecule has 0 saturated carbocycles. The van der Waals surface area contributed by atoms with Crippen molar-refractivity contribution < 1.29 is 9.32 Å². The number of nitrogens with zero attached hydrogens (tertiary/aromatic N) is 3. The van der Waals surface area contributed by atoms with E-state index in [0.29, 0.717) is 42.5 Å². The Morgan fingerprint density at radius 1 is 1.15 bits per heavy atom. The molecule has 0 aliphatic carbocycles. The molecular weight excluding hydrogens is 352 g/mol. The molecule has 3 rings (SSSR count). The van der Waals surface area contributed by atoms with E-state index in [9.17, 15) is 4.79 Å². The van der Waals surface area contributed by atoms with E-state index in [1.807, 2.05) is 24.3 Å². The number of hydrogen-bond donors (Lipinski definition) is 1. The van der Waals surface area contributed by atoms with Gasteiger partial charge < -0.3 is 9.84 Å². The lowest BCUT2D eigenvalue weighted by Gasteiger charge is -2.04. The maximum absolute atomic E-state index is 11.9. The van der Waals surface area contributed by atoms with E-state index in [1.165, 1.54) is 0 Å². The maximum Gasteiger partial charge on any atom is 0.226 e. The predicted octanol–water partition coefficient (Wildman–Crippen LogP) is 3.47. The van der Waals surface area contributed by atoms with Crippen molar-refractivity contribution >= 4 is 17.5 Å². The molecule has 2 heterocycles. The van der Waals surface area contributed by atoms with E-state index in [2.05, 4.69) is 20.4 Å². The summed E-state index contributed by atoms with van der Waals surface area (Å²) in [5.41, 5.74) is 1.95. The smallest absolute Gasteiger partial charge is 0.226 e. The van der Waals surface area contributed by atoms with Gasteiger partial charge in [-0.25, -0.2) is 0 Å². The van der Waals surface area contributed by atoms with Gasteiger partial charge in [-0.2, -0.15) is 4.98 Å². The van der Waals surface area contributed by atoms with Crippen LogP contribution in [-0.2, 0) is 17.6 Å². The van der Waals surface area contributed by atoms with Gasteiger partial charge >= 0.3 is 0 Å². The molecular formula is C19H19ClN4O2. The summed E-state index contributed by atoms with van der Waals surface area (Å²) in [6, 6.07) is 11.1. The Morgan fingerprint density at radius 2 is 2.00 bits per heavy atom. The molecule has 1 aromatic carbocycles. The van der Waals surface area contributed by atoms with E-state index >= 15 is 0 Å². The molecule has 0 spiro atoms. The number of carbonyl (C=O) groups excluding carboxylic acids is 1. The maximum atomic E-state index is 11.9. The quantitative estimate of drug-likeness (QED) is 0.656. The molecule has 1 N–H and O–H groups in total. The summed E-state index contributed by atoms with van der Waals surface area (Å²) in [4.78, 5) is 20.3. The number of halogens is 1. The van der Waals surface area contributed by atoms with Gasteiger partial charge in [0.15, 0.2) is 0 Å². The number of benzene rings is 1. The zero-order valence-corrected chi connectivity index (χ0v) is 14.9. The molecule has 0 bridgehead atoms. The van der Waals surface area contributed by atoms with Crippen LogP contribution in [0.4, 0.5) is 0 Å². The Labute approximate surface area is 156 Å². The second-order valence-corrected chi connectivity index (χ2v) is 6.27. The summed E-state index contributed by atoms with van der Waals surface area (Å²) < 4.78 is 5.24. The number of aromatic nitrogens is 3. The fourth-order valence-electron chi connectivity index (χ4n) is 2.45. The highest BCUT2D eigenvalue weighted by Crippen LogP contribution is 2.19. The minimum Gasteiger partial charge on any atom is -0.356 e. The Bertz CT molecular complexity index is 834. The van der Waals surface area contributed by atoms with Crippen molar-refractivity contribution in [3.63, 3.8) is 0 Å². The van der Waals surface area contributed by atoms with Crippen LogP contribution < -0.4 is 5.32 Å². The van der Waals surface area contributed by atoms with Crippen molar-refractivity contribution in [2.75, 3.05) is 6.54 Å². The van der Waals surface area contributed by atoms with Gasteiger partial charge in [-0.05, 0) is 48.7 Å². The number of rotatable bonds is 8. The highest BCUT2D eigenvalue weighted by Gasteiger charge is 2.09. The second kappa shape index (κ2) is 9.10. The van der Waals surface area contributed by atoms with Crippen LogP contribution >= 0.6 is 11.6 Å². The van der Waals surface area contributed by atoms with Crippen LogP contribution in [-0.4, -0.2) is 27.6 Å². The van der Waals surface area contributed by atoms with Crippen LogP contribution in [0.25, 0.3) is 11.4 Å². The number of hydrogen-bond acceptors (Lipinski definition) is 5. The largest absolute Gasteiger partial charge is 0.356 e. The summed E-state index contributed by atoms with van der Waals surface area (Å²) in [5.74, 6) is 1.07. The van der Waals surface area contributed by atoms with Crippen molar-refractivity contribution in [2.45, 2.75) is 25.7 Å². The average Bonchev–Trinajstić information content (AvgIpc) is 3.12. The van der Waals surface area contributed by atoms with Crippen molar-refractivity contribution in [3.8, 4) is 11.4 Å². The minimum atomic E-state index is 0.0198. The van der Waals surface area contributed by atoms with Gasteiger partial charge in [-0.3, -0.25) is 9.78 Å². The highest BCUT2D eigenvalue weighted by molar-refractivity contribution is 6.30. The number of aryl methyl sites for hydroxylation is 1. The topological polar surface area (TPSA) is 80.9 Å². The third kappa shape index (κ3) is 5.39. The molecule has 0 radical (unpaired) electrons. The lowest BCUT2D eigenvalue weighted by atomic mass is 10.2. The van der Waals surface area contributed by atoms with Crippen LogP contribution in [0.15, 0.2) is 53.3 Å². The summed E-state index contributed by atoms with van der Waals surface area (Å²) in [7, 11) is 0.